The molecule has 0 aliphatic carbocycles. The van der Waals surface area contributed by atoms with E-state index in [-0.39, 0.29) is 5.82 Å². The molecule has 0 unspecified atom stereocenters. The normalized spacial score (nSPS) is 10.7. The van der Waals surface area contributed by atoms with Crippen LogP contribution in [0.5, 0.6) is 0 Å². The molecule has 0 aliphatic heterocycles. The maximum Gasteiger partial charge on any atom is 0.137 e. The van der Waals surface area contributed by atoms with Gasteiger partial charge >= 0.3 is 0 Å². The lowest BCUT2D eigenvalue weighted by molar-refractivity contribution is 0.591. The molecule has 0 fully saturated rings. The lowest BCUT2D eigenvalue weighted by Crippen LogP contribution is -2.12. The average Bonchev–Trinajstić information content (AvgIpc) is 2.39. The molecule has 100 valence electrons. The second-order valence-corrected chi connectivity index (χ2v) is 5.51. The number of hydrogen-bond acceptors (Lipinski definition) is 2. The van der Waals surface area contributed by atoms with Gasteiger partial charge in [-0.05, 0) is 37.2 Å². The first-order valence-corrected chi connectivity index (χ1v) is 7.25. The van der Waals surface area contributed by atoms with E-state index >= 15 is 0 Å². The quantitative estimate of drug-likeness (QED) is 0.868. The molecule has 2 aromatic carbocycles. The van der Waals surface area contributed by atoms with Crippen LogP contribution in [0.25, 0.3) is 0 Å². The Labute approximate surface area is 118 Å². The molecule has 0 saturated heterocycles. The highest BCUT2D eigenvalue weighted by atomic mass is 32.2. The lowest BCUT2D eigenvalue weighted by Gasteiger charge is -2.11. The summed E-state index contributed by atoms with van der Waals surface area (Å²) >= 11 is 1.49. The van der Waals surface area contributed by atoms with Crippen LogP contribution in [0.1, 0.15) is 18.1 Å². The van der Waals surface area contributed by atoms with Crippen molar-refractivity contribution in [1.82, 2.24) is 5.32 Å². The molecule has 1 N–H and O–H groups in total. The topological polar surface area (TPSA) is 12.0 Å². The molecule has 0 heterocycles. The summed E-state index contributed by atoms with van der Waals surface area (Å²) in [6.45, 7) is 5.67. The van der Waals surface area contributed by atoms with E-state index in [0.29, 0.717) is 11.4 Å². The van der Waals surface area contributed by atoms with Crippen molar-refractivity contribution in [3.8, 4) is 0 Å². The Morgan fingerprint density at radius 3 is 2.68 bits per heavy atom. The van der Waals surface area contributed by atoms with Crippen molar-refractivity contribution >= 4 is 11.8 Å². The van der Waals surface area contributed by atoms with Gasteiger partial charge < -0.3 is 5.32 Å². The van der Waals surface area contributed by atoms with Crippen LogP contribution in [-0.4, -0.2) is 6.54 Å². The van der Waals surface area contributed by atoms with Gasteiger partial charge in [-0.15, -0.1) is 0 Å². The summed E-state index contributed by atoms with van der Waals surface area (Å²) in [6, 6.07) is 13.4. The Kier molecular flexibility index (Phi) is 5.00. The molecule has 1 nitrogen and oxygen atoms in total. The van der Waals surface area contributed by atoms with Crippen molar-refractivity contribution in [2.45, 2.75) is 30.2 Å². The highest BCUT2D eigenvalue weighted by Crippen LogP contribution is 2.33. The number of rotatable bonds is 5. The van der Waals surface area contributed by atoms with Gasteiger partial charge in [-0.3, -0.25) is 0 Å². The minimum absolute atomic E-state index is 0.151. The van der Waals surface area contributed by atoms with E-state index in [1.165, 1.54) is 23.4 Å². The average molecular weight is 275 g/mol. The molecular weight excluding hydrogens is 257 g/mol. The Balaban J connectivity index is 2.27. The van der Waals surface area contributed by atoms with Crippen LogP contribution < -0.4 is 5.32 Å². The van der Waals surface area contributed by atoms with Crippen LogP contribution in [0, 0.1) is 12.7 Å². The third kappa shape index (κ3) is 3.82. The fourth-order valence-electron chi connectivity index (χ4n) is 1.86. The minimum Gasteiger partial charge on any atom is -0.313 e. The zero-order valence-electron chi connectivity index (χ0n) is 11.2. The maximum atomic E-state index is 14.0. The Morgan fingerprint density at radius 1 is 1.16 bits per heavy atom. The largest absolute Gasteiger partial charge is 0.313 e. The molecule has 0 radical (unpaired) electrons. The molecule has 0 bridgehead atoms. The molecule has 0 aliphatic rings. The highest BCUT2D eigenvalue weighted by molar-refractivity contribution is 7.99. The van der Waals surface area contributed by atoms with Gasteiger partial charge in [-0.2, -0.15) is 0 Å². The number of benzene rings is 2. The summed E-state index contributed by atoms with van der Waals surface area (Å²) < 4.78 is 14.0. The number of aryl methyl sites for hydroxylation is 1. The third-order valence-corrected chi connectivity index (χ3v) is 3.97. The summed E-state index contributed by atoms with van der Waals surface area (Å²) in [5.74, 6) is -0.151. The van der Waals surface area contributed by atoms with Crippen LogP contribution in [0.4, 0.5) is 4.39 Å². The summed E-state index contributed by atoms with van der Waals surface area (Å²) in [5.41, 5.74) is 2.20. The van der Waals surface area contributed by atoms with E-state index < -0.39 is 0 Å². The van der Waals surface area contributed by atoms with Gasteiger partial charge in [0.15, 0.2) is 0 Å². The van der Waals surface area contributed by atoms with Crippen molar-refractivity contribution in [2.24, 2.45) is 0 Å². The first-order valence-electron chi connectivity index (χ1n) is 6.43. The molecular formula is C16H18FNS. The Bertz CT molecular complexity index is 554. The molecule has 0 aromatic heterocycles. The summed E-state index contributed by atoms with van der Waals surface area (Å²) in [5, 5.41) is 3.25. The van der Waals surface area contributed by atoms with Gasteiger partial charge in [0, 0.05) is 11.4 Å². The van der Waals surface area contributed by atoms with Gasteiger partial charge in [0.2, 0.25) is 0 Å². The lowest BCUT2D eigenvalue weighted by atomic mass is 10.2. The second kappa shape index (κ2) is 6.73. The monoisotopic (exact) mass is 275 g/mol. The summed E-state index contributed by atoms with van der Waals surface area (Å²) in [4.78, 5) is 1.79. The zero-order chi connectivity index (χ0) is 13.7. The molecule has 3 heteroatoms. The van der Waals surface area contributed by atoms with Gasteiger partial charge in [-0.25, -0.2) is 4.39 Å². The number of hydrogen-bond donors (Lipinski definition) is 1. The summed E-state index contributed by atoms with van der Waals surface area (Å²) in [6.07, 6.45) is 0. The fourth-order valence-corrected chi connectivity index (χ4v) is 2.93. The second-order valence-electron chi connectivity index (χ2n) is 4.43. The van der Waals surface area contributed by atoms with E-state index in [2.05, 4.69) is 11.4 Å². The third-order valence-electron chi connectivity index (χ3n) is 2.82. The molecule has 19 heavy (non-hydrogen) atoms. The van der Waals surface area contributed by atoms with Gasteiger partial charge in [0.05, 0.1) is 4.90 Å². The van der Waals surface area contributed by atoms with Crippen molar-refractivity contribution in [3.05, 3.63) is 59.4 Å². The highest BCUT2D eigenvalue weighted by Gasteiger charge is 2.09. The summed E-state index contributed by atoms with van der Waals surface area (Å²) in [7, 11) is 0. The standard InChI is InChI=1S/C16H18FNS/c1-3-18-11-13-7-5-9-15(17)16(13)19-14-8-4-6-12(2)10-14/h4-10,18H,3,11H2,1-2H3. The number of halogens is 1. The van der Waals surface area contributed by atoms with E-state index in [0.717, 1.165) is 17.0 Å². The van der Waals surface area contributed by atoms with Crippen LogP contribution in [0.15, 0.2) is 52.3 Å². The van der Waals surface area contributed by atoms with Crippen molar-refractivity contribution in [1.29, 1.82) is 0 Å². The SMILES string of the molecule is CCNCc1cccc(F)c1Sc1cccc(C)c1. The smallest absolute Gasteiger partial charge is 0.137 e. The van der Waals surface area contributed by atoms with E-state index in [1.807, 2.05) is 38.1 Å². The van der Waals surface area contributed by atoms with Crippen LogP contribution in [0.3, 0.4) is 0 Å². The first kappa shape index (κ1) is 14.1. The molecule has 0 saturated carbocycles. The van der Waals surface area contributed by atoms with Crippen molar-refractivity contribution < 1.29 is 4.39 Å². The van der Waals surface area contributed by atoms with Gasteiger partial charge in [-0.1, -0.05) is 48.5 Å². The molecule has 2 aromatic rings. The maximum absolute atomic E-state index is 14.0. The van der Waals surface area contributed by atoms with E-state index in [4.69, 9.17) is 0 Å². The predicted molar refractivity (Wildman–Crippen MR) is 79.1 cm³/mol. The Morgan fingerprint density at radius 2 is 1.95 bits per heavy atom. The molecule has 0 spiro atoms. The van der Waals surface area contributed by atoms with Gasteiger partial charge in [0.1, 0.15) is 5.82 Å². The zero-order valence-corrected chi connectivity index (χ0v) is 12.1. The van der Waals surface area contributed by atoms with Crippen LogP contribution in [-0.2, 0) is 6.54 Å². The van der Waals surface area contributed by atoms with Gasteiger partial charge in [0.25, 0.3) is 0 Å². The first-order chi connectivity index (χ1) is 9.20. The molecule has 2 rings (SSSR count). The predicted octanol–water partition coefficient (Wildman–Crippen LogP) is 4.39. The fraction of sp³-hybridized carbons (Fsp3) is 0.250. The van der Waals surface area contributed by atoms with Crippen LogP contribution >= 0.6 is 11.8 Å². The van der Waals surface area contributed by atoms with Crippen molar-refractivity contribution in [2.75, 3.05) is 6.54 Å². The Hall–Kier alpha value is -1.32. The molecule has 0 amide bonds. The minimum atomic E-state index is -0.151. The van der Waals surface area contributed by atoms with E-state index in [1.54, 1.807) is 6.07 Å². The molecule has 0 atom stereocenters. The van der Waals surface area contributed by atoms with Crippen molar-refractivity contribution in [3.63, 3.8) is 0 Å². The number of nitrogens with one attached hydrogen (secondary N) is 1. The van der Waals surface area contributed by atoms with Crippen LogP contribution in [0.2, 0.25) is 0 Å². The van der Waals surface area contributed by atoms with E-state index in [9.17, 15) is 4.39 Å².